The summed E-state index contributed by atoms with van der Waals surface area (Å²) in [4.78, 5) is 24.4. The number of rotatable bonds is 6. The Morgan fingerprint density at radius 3 is 2.61 bits per heavy atom. The third-order valence-corrected chi connectivity index (χ3v) is 7.01. The summed E-state index contributed by atoms with van der Waals surface area (Å²) in [5.74, 6) is 0.749. The van der Waals surface area contributed by atoms with Gasteiger partial charge in [0.1, 0.15) is 0 Å². The number of likely N-dealkylation sites (tertiary alicyclic amines) is 1. The Morgan fingerprint density at radius 2 is 1.85 bits per heavy atom. The van der Waals surface area contributed by atoms with E-state index in [0.29, 0.717) is 18.4 Å². The molecule has 1 N–H and O–H groups in total. The van der Waals surface area contributed by atoms with Crippen molar-refractivity contribution >= 4 is 22.4 Å². The van der Waals surface area contributed by atoms with Crippen LogP contribution in [0.3, 0.4) is 0 Å². The molecular formula is C27H32N4O2. The van der Waals surface area contributed by atoms with E-state index in [4.69, 9.17) is 9.72 Å². The molecule has 0 aliphatic carbocycles. The largest absolute Gasteiger partial charge is 0.381 e. The average Bonchev–Trinajstić information content (AvgIpc) is 2.86. The van der Waals surface area contributed by atoms with Gasteiger partial charge in [-0.25, -0.2) is 4.98 Å². The number of Topliss-reactive ketones (excluding diaryl/α,β-unsaturated/α-hetero) is 1. The standard InChI is InChI=1S/C27H32N4O2/c1-31-12-7-19(8-13-31)16-27(32)21-4-2-20(3-5-21)25-17-26(29-22-9-14-33-15-10-22)23-18-28-11-6-24(23)30-25/h2-6,11,17-19,22H,7-10,12-16H2,1H3,(H,29,30). The van der Waals surface area contributed by atoms with Crippen molar-refractivity contribution in [3.05, 3.63) is 54.4 Å². The van der Waals surface area contributed by atoms with Gasteiger partial charge in [0.05, 0.1) is 11.2 Å². The number of ether oxygens (including phenoxy) is 1. The number of hydrogen-bond acceptors (Lipinski definition) is 6. The maximum Gasteiger partial charge on any atom is 0.163 e. The van der Waals surface area contributed by atoms with Crippen LogP contribution in [0.5, 0.6) is 0 Å². The van der Waals surface area contributed by atoms with E-state index in [2.05, 4.69) is 28.3 Å². The molecule has 3 aromatic rings. The lowest BCUT2D eigenvalue weighted by Gasteiger charge is -2.28. The molecule has 0 spiro atoms. The highest BCUT2D eigenvalue weighted by atomic mass is 16.5. The summed E-state index contributed by atoms with van der Waals surface area (Å²) in [5.41, 5.74) is 4.68. The SMILES string of the molecule is CN1CCC(CC(=O)c2ccc(-c3cc(NC4CCOCC4)c4cnccc4n3)cc2)CC1. The minimum absolute atomic E-state index is 0.246. The van der Waals surface area contributed by atoms with Crippen LogP contribution in [0.25, 0.3) is 22.2 Å². The monoisotopic (exact) mass is 444 g/mol. The Morgan fingerprint density at radius 1 is 1.09 bits per heavy atom. The highest BCUT2D eigenvalue weighted by Gasteiger charge is 2.20. The van der Waals surface area contributed by atoms with Crippen LogP contribution < -0.4 is 5.32 Å². The van der Waals surface area contributed by atoms with Crippen LogP contribution >= 0.6 is 0 Å². The summed E-state index contributed by atoms with van der Waals surface area (Å²) in [7, 11) is 2.15. The number of pyridine rings is 2. The number of fused-ring (bicyclic) bond motifs is 1. The average molecular weight is 445 g/mol. The lowest BCUT2D eigenvalue weighted by atomic mass is 9.90. The fraction of sp³-hybridized carbons (Fsp3) is 0.444. The molecule has 4 heterocycles. The summed E-state index contributed by atoms with van der Waals surface area (Å²) in [6.45, 7) is 3.76. The van der Waals surface area contributed by atoms with Gasteiger partial charge in [0.2, 0.25) is 0 Å². The van der Waals surface area contributed by atoms with Gasteiger partial charge in [0, 0.05) is 60.3 Å². The maximum absolute atomic E-state index is 12.8. The van der Waals surface area contributed by atoms with E-state index in [1.807, 2.05) is 36.5 Å². The van der Waals surface area contributed by atoms with E-state index in [-0.39, 0.29) is 5.78 Å². The number of aromatic nitrogens is 2. The molecule has 0 atom stereocenters. The fourth-order valence-corrected chi connectivity index (χ4v) is 4.87. The predicted octanol–water partition coefficient (Wildman–Crippen LogP) is 4.80. The zero-order valence-corrected chi connectivity index (χ0v) is 19.3. The number of carbonyl (C=O) groups is 1. The molecular weight excluding hydrogens is 412 g/mol. The molecule has 2 aliphatic heterocycles. The highest BCUT2D eigenvalue weighted by molar-refractivity contribution is 5.97. The van der Waals surface area contributed by atoms with Crippen molar-refractivity contribution in [1.29, 1.82) is 0 Å². The third-order valence-electron chi connectivity index (χ3n) is 7.01. The molecule has 6 heteroatoms. The van der Waals surface area contributed by atoms with Crippen LogP contribution in [-0.4, -0.2) is 60.0 Å². The molecule has 0 bridgehead atoms. The van der Waals surface area contributed by atoms with Gasteiger partial charge >= 0.3 is 0 Å². The molecule has 2 saturated heterocycles. The van der Waals surface area contributed by atoms with Crippen LogP contribution in [0.15, 0.2) is 48.8 Å². The zero-order valence-electron chi connectivity index (χ0n) is 19.3. The van der Waals surface area contributed by atoms with E-state index in [0.717, 1.165) is 85.4 Å². The first-order valence-electron chi connectivity index (χ1n) is 12.1. The molecule has 0 amide bonds. The number of nitrogens with one attached hydrogen (secondary N) is 1. The van der Waals surface area contributed by atoms with E-state index in [1.54, 1.807) is 6.20 Å². The fourth-order valence-electron chi connectivity index (χ4n) is 4.87. The first-order valence-corrected chi connectivity index (χ1v) is 12.1. The van der Waals surface area contributed by atoms with Crippen LogP contribution in [0.2, 0.25) is 0 Å². The molecule has 1 aromatic carbocycles. The van der Waals surface area contributed by atoms with Gasteiger partial charge in [-0.05, 0) is 63.9 Å². The predicted molar refractivity (Wildman–Crippen MR) is 132 cm³/mol. The third kappa shape index (κ3) is 5.23. The second-order valence-electron chi connectivity index (χ2n) is 9.43. The van der Waals surface area contributed by atoms with E-state index in [9.17, 15) is 4.79 Å². The molecule has 0 saturated carbocycles. The Bertz CT molecular complexity index is 1100. The van der Waals surface area contributed by atoms with Gasteiger partial charge in [-0.2, -0.15) is 0 Å². The molecule has 2 aliphatic rings. The van der Waals surface area contributed by atoms with E-state index >= 15 is 0 Å². The second-order valence-corrected chi connectivity index (χ2v) is 9.43. The molecule has 2 fully saturated rings. The maximum atomic E-state index is 12.8. The Balaban J connectivity index is 1.35. The number of hydrogen-bond donors (Lipinski definition) is 1. The van der Waals surface area contributed by atoms with Crippen molar-refractivity contribution in [2.75, 3.05) is 38.7 Å². The van der Waals surface area contributed by atoms with Crippen molar-refractivity contribution in [3.8, 4) is 11.3 Å². The molecule has 0 unspecified atom stereocenters. The topological polar surface area (TPSA) is 67.4 Å². The lowest BCUT2D eigenvalue weighted by Crippen LogP contribution is -2.31. The summed E-state index contributed by atoms with van der Waals surface area (Å²) in [6, 6.07) is 12.4. The number of piperidine rings is 1. The molecule has 6 nitrogen and oxygen atoms in total. The molecule has 0 radical (unpaired) electrons. The van der Waals surface area contributed by atoms with Gasteiger partial charge in [-0.15, -0.1) is 0 Å². The van der Waals surface area contributed by atoms with E-state index < -0.39 is 0 Å². The summed E-state index contributed by atoms with van der Waals surface area (Å²) < 4.78 is 5.51. The van der Waals surface area contributed by atoms with Gasteiger partial charge in [0.15, 0.2) is 5.78 Å². The normalized spacial score (nSPS) is 18.5. The van der Waals surface area contributed by atoms with Crippen molar-refractivity contribution < 1.29 is 9.53 Å². The quantitative estimate of drug-likeness (QED) is 0.551. The van der Waals surface area contributed by atoms with Gasteiger partial charge in [0.25, 0.3) is 0 Å². The number of anilines is 1. The number of carbonyl (C=O) groups excluding carboxylic acids is 1. The first kappa shape index (κ1) is 22.0. The van der Waals surface area contributed by atoms with Gasteiger partial charge in [-0.1, -0.05) is 24.3 Å². The van der Waals surface area contributed by atoms with Crippen LogP contribution in [-0.2, 0) is 4.74 Å². The Hall–Kier alpha value is -2.83. The van der Waals surface area contributed by atoms with Crippen LogP contribution in [0.1, 0.15) is 42.5 Å². The number of nitrogens with zero attached hydrogens (tertiary/aromatic N) is 3. The molecule has 33 heavy (non-hydrogen) atoms. The Kier molecular flexibility index (Phi) is 6.65. The van der Waals surface area contributed by atoms with Crippen molar-refractivity contribution in [2.24, 2.45) is 5.92 Å². The summed E-state index contributed by atoms with van der Waals surface area (Å²) in [5, 5.41) is 4.72. The number of benzene rings is 1. The van der Waals surface area contributed by atoms with Gasteiger partial charge < -0.3 is 15.0 Å². The molecule has 2 aromatic heterocycles. The summed E-state index contributed by atoms with van der Waals surface area (Å²) >= 11 is 0. The smallest absolute Gasteiger partial charge is 0.163 e. The van der Waals surface area contributed by atoms with E-state index in [1.165, 1.54) is 0 Å². The Labute approximate surface area is 195 Å². The van der Waals surface area contributed by atoms with Crippen molar-refractivity contribution in [2.45, 2.75) is 38.1 Å². The molecule has 5 rings (SSSR count). The van der Waals surface area contributed by atoms with Gasteiger partial charge in [-0.3, -0.25) is 9.78 Å². The van der Waals surface area contributed by atoms with Crippen LogP contribution in [0, 0.1) is 5.92 Å². The minimum Gasteiger partial charge on any atom is -0.381 e. The minimum atomic E-state index is 0.246. The second kappa shape index (κ2) is 9.98. The summed E-state index contributed by atoms with van der Waals surface area (Å²) in [6.07, 6.45) is 8.51. The lowest BCUT2D eigenvalue weighted by molar-refractivity contribution is 0.0904. The first-order chi connectivity index (χ1) is 16.2. The van der Waals surface area contributed by atoms with Crippen molar-refractivity contribution in [1.82, 2.24) is 14.9 Å². The highest BCUT2D eigenvalue weighted by Crippen LogP contribution is 2.30. The van der Waals surface area contributed by atoms with Crippen molar-refractivity contribution in [3.63, 3.8) is 0 Å². The zero-order chi connectivity index (χ0) is 22.6. The van der Waals surface area contributed by atoms with Crippen LogP contribution in [0.4, 0.5) is 5.69 Å². The molecule has 172 valence electrons. The number of ketones is 1.